The molecular formula is C20H17NO2. The fraction of sp³-hybridized carbons (Fsp3) is 0.100. The van der Waals surface area contributed by atoms with Crippen molar-refractivity contribution in [2.24, 2.45) is 0 Å². The first-order valence-corrected chi connectivity index (χ1v) is 7.43. The van der Waals surface area contributed by atoms with Gasteiger partial charge in [0.25, 0.3) is 0 Å². The van der Waals surface area contributed by atoms with Gasteiger partial charge in [0.2, 0.25) is 0 Å². The summed E-state index contributed by atoms with van der Waals surface area (Å²) in [6.07, 6.45) is 3.83. The number of benzene rings is 2. The van der Waals surface area contributed by atoms with Crippen molar-refractivity contribution in [1.82, 2.24) is 4.98 Å². The molecule has 2 aromatic carbocycles. The van der Waals surface area contributed by atoms with E-state index in [1.54, 1.807) is 12.1 Å². The van der Waals surface area contributed by atoms with Crippen LogP contribution in [0.3, 0.4) is 0 Å². The second-order valence-electron chi connectivity index (χ2n) is 5.61. The summed E-state index contributed by atoms with van der Waals surface area (Å²) in [5, 5.41) is 10.1. The number of carboxylic acid groups (broad SMARTS) is 1. The average Bonchev–Trinajstić information content (AvgIpc) is 2.53. The molecule has 114 valence electrons. The number of aromatic nitrogens is 1. The maximum Gasteiger partial charge on any atom is 0.336 e. The van der Waals surface area contributed by atoms with Crippen molar-refractivity contribution < 1.29 is 9.90 Å². The molecular weight excluding hydrogens is 286 g/mol. The van der Waals surface area contributed by atoms with E-state index in [1.165, 1.54) is 11.1 Å². The van der Waals surface area contributed by atoms with Gasteiger partial charge in [-0.05, 0) is 43.2 Å². The number of fused-ring (bicyclic) bond motifs is 1. The molecule has 0 amide bonds. The molecule has 1 heterocycles. The van der Waals surface area contributed by atoms with E-state index in [9.17, 15) is 9.90 Å². The smallest absolute Gasteiger partial charge is 0.336 e. The monoisotopic (exact) mass is 303 g/mol. The van der Waals surface area contributed by atoms with E-state index in [0.717, 1.165) is 5.56 Å². The van der Waals surface area contributed by atoms with E-state index in [0.29, 0.717) is 16.6 Å². The first-order valence-electron chi connectivity index (χ1n) is 7.43. The van der Waals surface area contributed by atoms with Gasteiger partial charge in [-0.1, -0.05) is 48.0 Å². The summed E-state index contributed by atoms with van der Waals surface area (Å²) < 4.78 is 0. The van der Waals surface area contributed by atoms with Crippen LogP contribution < -0.4 is 0 Å². The Morgan fingerprint density at radius 3 is 2.57 bits per heavy atom. The highest BCUT2D eigenvalue weighted by atomic mass is 16.4. The Hall–Kier alpha value is -2.94. The van der Waals surface area contributed by atoms with Gasteiger partial charge in [0, 0.05) is 5.39 Å². The van der Waals surface area contributed by atoms with Gasteiger partial charge in [0.1, 0.15) is 0 Å². The molecule has 0 saturated heterocycles. The largest absolute Gasteiger partial charge is 0.478 e. The Morgan fingerprint density at radius 1 is 1.04 bits per heavy atom. The molecule has 1 aromatic heterocycles. The second kappa shape index (κ2) is 6.05. The molecule has 0 bridgehead atoms. The molecule has 0 fully saturated rings. The van der Waals surface area contributed by atoms with Crippen LogP contribution in [0.15, 0.2) is 48.5 Å². The van der Waals surface area contributed by atoms with Crippen LogP contribution in [0.2, 0.25) is 0 Å². The molecule has 3 rings (SSSR count). The van der Waals surface area contributed by atoms with Crippen molar-refractivity contribution in [3.8, 4) is 0 Å². The lowest BCUT2D eigenvalue weighted by Gasteiger charge is -2.05. The van der Waals surface area contributed by atoms with Crippen molar-refractivity contribution in [2.45, 2.75) is 13.8 Å². The van der Waals surface area contributed by atoms with Crippen LogP contribution in [0.1, 0.15) is 32.7 Å². The summed E-state index contributed by atoms with van der Waals surface area (Å²) in [6, 6.07) is 15.1. The number of pyridine rings is 1. The Morgan fingerprint density at radius 2 is 1.83 bits per heavy atom. The normalized spacial score (nSPS) is 11.2. The van der Waals surface area contributed by atoms with Crippen LogP contribution in [-0.4, -0.2) is 16.1 Å². The first-order chi connectivity index (χ1) is 11.0. The summed E-state index contributed by atoms with van der Waals surface area (Å²) in [5.41, 5.74) is 5.10. The minimum atomic E-state index is -0.940. The van der Waals surface area contributed by atoms with Gasteiger partial charge in [0.15, 0.2) is 0 Å². The zero-order chi connectivity index (χ0) is 16.4. The Bertz CT molecular complexity index is 926. The molecule has 0 radical (unpaired) electrons. The van der Waals surface area contributed by atoms with Gasteiger partial charge < -0.3 is 5.11 Å². The zero-order valence-electron chi connectivity index (χ0n) is 13.1. The molecule has 0 saturated carbocycles. The molecule has 0 aliphatic carbocycles. The number of hydrogen-bond donors (Lipinski definition) is 1. The molecule has 3 heteroatoms. The molecule has 0 unspecified atom stereocenters. The van der Waals surface area contributed by atoms with Gasteiger partial charge in [-0.15, -0.1) is 0 Å². The Kier molecular flexibility index (Phi) is 3.94. The maximum absolute atomic E-state index is 11.5. The molecule has 0 aliphatic rings. The fourth-order valence-corrected chi connectivity index (χ4v) is 2.65. The van der Waals surface area contributed by atoms with E-state index in [4.69, 9.17) is 0 Å². The van der Waals surface area contributed by atoms with Crippen LogP contribution in [0.4, 0.5) is 0 Å². The van der Waals surface area contributed by atoms with E-state index in [2.05, 4.69) is 37.0 Å². The van der Waals surface area contributed by atoms with Crippen LogP contribution in [0.5, 0.6) is 0 Å². The maximum atomic E-state index is 11.5. The van der Waals surface area contributed by atoms with Crippen molar-refractivity contribution in [3.05, 3.63) is 76.5 Å². The number of nitrogens with zero attached hydrogens (tertiary/aromatic N) is 1. The summed E-state index contributed by atoms with van der Waals surface area (Å²) in [5.74, 6) is -0.940. The van der Waals surface area contributed by atoms with Crippen LogP contribution in [0, 0.1) is 13.8 Å². The van der Waals surface area contributed by atoms with Gasteiger partial charge in [-0.25, -0.2) is 9.78 Å². The van der Waals surface area contributed by atoms with Crippen LogP contribution in [-0.2, 0) is 0 Å². The first kappa shape index (κ1) is 15.0. The molecule has 23 heavy (non-hydrogen) atoms. The van der Waals surface area contributed by atoms with E-state index in [-0.39, 0.29) is 5.56 Å². The predicted molar refractivity (Wildman–Crippen MR) is 93.5 cm³/mol. The number of rotatable bonds is 3. The van der Waals surface area contributed by atoms with Crippen LogP contribution >= 0.6 is 0 Å². The highest BCUT2D eigenvalue weighted by molar-refractivity contribution is 6.03. The average molecular weight is 303 g/mol. The van der Waals surface area contributed by atoms with E-state index < -0.39 is 5.97 Å². The number of hydrogen-bond acceptors (Lipinski definition) is 2. The van der Waals surface area contributed by atoms with Gasteiger partial charge in [0.05, 0.1) is 16.8 Å². The number of aromatic carboxylic acids is 1. The fourth-order valence-electron chi connectivity index (χ4n) is 2.65. The standard InChI is InChI=1S/C20H17NO2/c1-13-7-8-15(14(2)11-13)9-10-16-12-18(20(22)23)17-5-3-4-6-19(17)21-16/h3-12H,1-2H3,(H,22,23). The van der Waals surface area contributed by atoms with Gasteiger partial charge in [-0.3, -0.25) is 0 Å². The Balaban J connectivity index is 2.06. The van der Waals surface area contributed by atoms with E-state index in [1.807, 2.05) is 30.4 Å². The highest BCUT2D eigenvalue weighted by Gasteiger charge is 2.10. The lowest BCUT2D eigenvalue weighted by Crippen LogP contribution is -2.00. The summed E-state index contributed by atoms with van der Waals surface area (Å²) in [7, 11) is 0. The molecule has 3 aromatic rings. The SMILES string of the molecule is Cc1ccc(C=Cc2cc(C(=O)O)c3ccccc3n2)c(C)c1. The van der Waals surface area contributed by atoms with Crippen LogP contribution in [0.25, 0.3) is 23.1 Å². The molecule has 0 spiro atoms. The minimum absolute atomic E-state index is 0.274. The molecule has 1 N–H and O–H groups in total. The van der Waals surface area contributed by atoms with Crippen molar-refractivity contribution in [2.75, 3.05) is 0 Å². The number of aryl methyl sites for hydroxylation is 2. The molecule has 0 atom stereocenters. The van der Waals surface area contributed by atoms with Gasteiger partial charge >= 0.3 is 5.97 Å². The van der Waals surface area contributed by atoms with Crippen molar-refractivity contribution >= 4 is 29.0 Å². The number of carbonyl (C=O) groups is 1. The molecule has 3 nitrogen and oxygen atoms in total. The minimum Gasteiger partial charge on any atom is -0.478 e. The second-order valence-corrected chi connectivity index (χ2v) is 5.61. The van der Waals surface area contributed by atoms with Gasteiger partial charge in [-0.2, -0.15) is 0 Å². The highest BCUT2D eigenvalue weighted by Crippen LogP contribution is 2.20. The molecule has 0 aliphatic heterocycles. The third kappa shape index (κ3) is 3.14. The number of carboxylic acids is 1. The van der Waals surface area contributed by atoms with Crippen molar-refractivity contribution in [3.63, 3.8) is 0 Å². The lowest BCUT2D eigenvalue weighted by atomic mass is 10.0. The summed E-state index contributed by atoms with van der Waals surface area (Å²) in [4.78, 5) is 16.0. The van der Waals surface area contributed by atoms with Crippen molar-refractivity contribution in [1.29, 1.82) is 0 Å². The third-order valence-electron chi connectivity index (χ3n) is 3.83. The van der Waals surface area contributed by atoms with E-state index >= 15 is 0 Å². The lowest BCUT2D eigenvalue weighted by molar-refractivity contribution is 0.0699. The summed E-state index contributed by atoms with van der Waals surface area (Å²) in [6.45, 7) is 4.12. The Labute approximate surface area is 134 Å². The third-order valence-corrected chi connectivity index (χ3v) is 3.83. The summed E-state index contributed by atoms with van der Waals surface area (Å²) >= 11 is 0. The predicted octanol–water partition coefficient (Wildman–Crippen LogP) is 4.72. The quantitative estimate of drug-likeness (QED) is 0.761. The number of para-hydroxylation sites is 1. The zero-order valence-corrected chi connectivity index (χ0v) is 13.1. The topological polar surface area (TPSA) is 50.2 Å².